The molecule has 0 spiro atoms. The molecule has 4 heteroatoms. The molecular formula is C13H16N2OS. The van der Waals surface area contributed by atoms with Gasteiger partial charge < -0.3 is 9.73 Å². The molecule has 0 aliphatic carbocycles. The number of hydrogen-bond donors (Lipinski definition) is 1. The molecule has 0 radical (unpaired) electrons. The average Bonchev–Trinajstić information content (AvgIpc) is 2.76. The maximum atomic E-state index is 5.38. The smallest absolute Gasteiger partial charge is 0.208 e. The molecule has 0 aliphatic rings. The molecule has 0 unspecified atom stereocenters. The maximum absolute atomic E-state index is 5.38. The summed E-state index contributed by atoms with van der Waals surface area (Å²) in [6.07, 6.45) is 3.82. The SMILES string of the molecule is CSc1ccc(CNCc2ncc(C)o2)cc1. The molecule has 2 aromatic rings. The second kappa shape index (κ2) is 5.89. The van der Waals surface area contributed by atoms with Crippen LogP contribution in [0.4, 0.5) is 0 Å². The highest BCUT2D eigenvalue weighted by Gasteiger charge is 1.99. The number of rotatable bonds is 5. The fourth-order valence-corrected chi connectivity index (χ4v) is 1.95. The van der Waals surface area contributed by atoms with Gasteiger partial charge in [0.05, 0.1) is 12.7 Å². The summed E-state index contributed by atoms with van der Waals surface area (Å²) in [5.41, 5.74) is 1.27. The number of hydrogen-bond acceptors (Lipinski definition) is 4. The molecule has 1 N–H and O–H groups in total. The summed E-state index contributed by atoms with van der Waals surface area (Å²) in [4.78, 5) is 5.43. The van der Waals surface area contributed by atoms with Crippen molar-refractivity contribution in [1.82, 2.24) is 10.3 Å². The van der Waals surface area contributed by atoms with Gasteiger partial charge in [-0.25, -0.2) is 4.98 Å². The second-order valence-electron chi connectivity index (χ2n) is 3.82. The van der Waals surface area contributed by atoms with E-state index in [-0.39, 0.29) is 0 Å². The molecule has 0 fully saturated rings. The summed E-state index contributed by atoms with van der Waals surface area (Å²) in [7, 11) is 0. The minimum absolute atomic E-state index is 0.665. The van der Waals surface area contributed by atoms with Gasteiger partial charge in [0.2, 0.25) is 5.89 Å². The molecule has 1 aromatic heterocycles. The summed E-state index contributed by atoms with van der Waals surface area (Å²) >= 11 is 1.76. The van der Waals surface area contributed by atoms with E-state index < -0.39 is 0 Å². The van der Waals surface area contributed by atoms with Crippen molar-refractivity contribution in [2.45, 2.75) is 24.9 Å². The lowest BCUT2D eigenvalue weighted by atomic mass is 10.2. The van der Waals surface area contributed by atoms with Crippen molar-refractivity contribution in [2.24, 2.45) is 0 Å². The highest BCUT2D eigenvalue weighted by atomic mass is 32.2. The van der Waals surface area contributed by atoms with Crippen LogP contribution < -0.4 is 5.32 Å². The van der Waals surface area contributed by atoms with Crippen molar-refractivity contribution in [3.63, 3.8) is 0 Å². The van der Waals surface area contributed by atoms with Crippen molar-refractivity contribution >= 4 is 11.8 Å². The molecule has 0 bridgehead atoms. The van der Waals surface area contributed by atoms with E-state index in [2.05, 4.69) is 40.8 Å². The Morgan fingerprint density at radius 2 is 2.00 bits per heavy atom. The van der Waals surface area contributed by atoms with Gasteiger partial charge in [-0.3, -0.25) is 0 Å². The Morgan fingerprint density at radius 1 is 1.24 bits per heavy atom. The van der Waals surface area contributed by atoms with Crippen LogP contribution in [-0.4, -0.2) is 11.2 Å². The number of benzene rings is 1. The van der Waals surface area contributed by atoms with Gasteiger partial charge in [-0.1, -0.05) is 12.1 Å². The molecule has 3 nitrogen and oxygen atoms in total. The van der Waals surface area contributed by atoms with E-state index in [1.54, 1.807) is 18.0 Å². The first-order valence-corrected chi connectivity index (χ1v) is 6.75. The Labute approximate surface area is 106 Å². The average molecular weight is 248 g/mol. The first kappa shape index (κ1) is 12.2. The van der Waals surface area contributed by atoms with Gasteiger partial charge in [-0.05, 0) is 30.9 Å². The van der Waals surface area contributed by atoms with Crippen LogP contribution in [0.1, 0.15) is 17.2 Å². The Morgan fingerprint density at radius 3 is 2.59 bits per heavy atom. The molecule has 0 saturated carbocycles. The van der Waals surface area contributed by atoms with E-state index in [1.165, 1.54) is 10.5 Å². The zero-order chi connectivity index (χ0) is 12.1. The quantitative estimate of drug-likeness (QED) is 0.825. The van der Waals surface area contributed by atoms with Crippen LogP contribution in [-0.2, 0) is 13.1 Å². The highest BCUT2D eigenvalue weighted by Crippen LogP contribution is 2.14. The summed E-state index contributed by atoms with van der Waals surface area (Å²) in [6.45, 7) is 3.39. The highest BCUT2D eigenvalue weighted by molar-refractivity contribution is 7.98. The molecule has 0 atom stereocenters. The third-order valence-electron chi connectivity index (χ3n) is 2.43. The van der Waals surface area contributed by atoms with Gasteiger partial charge in [0.25, 0.3) is 0 Å². The van der Waals surface area contributed by atoms with Crippen LogP contribution in [0.15, 0.2) is 39.8 Å². The Bertz CT molecular complexity index is 465. The van der Waals surface area contributed by atoms with Crippen molar-refractivity contribution < 1.29 is 4.42 Å². The molecule has 1 aromatic carbocycles. The second-order valence-corrected chi connectivity index (χ2v) is 4.70. The van der Waals surface area contributed by atoms with E-state index in [0.29, 0.717) is 6.54 Å². The summed E-state index contributed by atoms with van der Waals surface area (Å²) in [5, 5.41) is 3.31. The lowest BCUT2D eigenvalue weighted by Gasteiger charge is -2.03. The van der Waals surface area contributed by atoms with E-state index in [9.17, 15) is 0 Å². The summed E-state index contributed by atoms with van der Waals surface area (Å²) < 4.78 is 5.38. The predicted molar refractivity (Wildman–Crippen MR) is 70.0 cm³/mol. The van der Waals surface area contributed by atoms with Gasteiger partial charge in [0.1, 0.15) is 5.76 Å². The molecule has 17 heavy (non-hydrogen) atoms. The lowest BCUT2D eigenvalue weighted by Crippen LogP contribution is -2.12. The normalized spacial score (nSPS) is 10.7. The van der Waals surface area contributed by atoms with Crippen molar-refractivity contribution in [1.29, 1.82) is 0 Å². The van der Waals surface area contributed by atoms with Crippen molar-refractivity contribution in [3.05, 3.63) is 47.7 Å². The number of nitrogens with one attached hydrogen (secondary N) is 1. The third-order valence-corrected chi connectivity index (χ3v) is 3.18. The van der Waals surface area contributed by atoms with E-state index in [0.717, 1.165) is 18.2 Å². The van der Waals surface area contributed by atoms with Crippen molar-refractivity contribution in [2.75, 3.05) is 6.26 Å². The van der Waals surface area contributed by atoms with Crippen LogP contribution in [0, 0.1) is 6.92 Å². The molecule has 1 heterocycles. The van der Waals surface area contributed by atoms with Crippen LogP contribution >= 0.6 is 11.8 Å². The molecule has 0 aliphatic heterocycles. The zero-order valence-corrected chi connectivity index (χ0v) is 10.9. The molecule has 2 rings (SSSR count). The zero-order valence-electron chi connectivity index (χ0n) is 10.1. The molecule has 90 valence electrons. The van der Waals surface area contributed by atoms with Crippen LogP contribution in [0.25, 0.3) is 0 Å². The summed E-state index contributed by atoms with van der Waals surface area (Å²) in [6, 6.07) is 8.55. The Hall–Kier alpha value is -1.26. The Kier molecular flexibility index (Phi) is 4.23. The first-order chi connectivity index (χ1) is 8.28. The maximum Gasteiger partial charge on any atom is 0.208 e. The minimum Gasteiger partial charge on any atom is -0.445 e. The minimum atomic E-state index is 0.665. The lowest BCUT2D eigenvalue weighted by molar-refractivity contribution is 0.449. The van der Waals surface area contributed by atoms with Gasteiger partial charge >= 0.3 is 0 Å². The van der Waals surface area contributed by atoms with Crippen LogP contribution in [0.5, 0.6) is 0 Å². The molecular weight excluding hydrogens is 232 g/mol. The fraction of sp³-hybridized carbons (Fsp3) is 0.308. The van der Waals surface area contributed by atoms with Crippen LogP contribution in [0.2, 0.25) is 0 Å². The molecule has 0 saturated heterocycles. The van der Waals surface area contributed by atoms with Gasteiger partial charge in [0, 0.05) is 11.4 Å². The topological polar surface area (TPSA) is 38.1 Å². The first-order valence-electron chi connectivity index (χ1n) is 5.53. The van der Waals surface area contributed by atoms with Crippen LogP contribution in [0.3, 0.4) is 0 Å². The third kappa shape index (κ3) is 3.61. The predicted octanol–water partition coefficient (Wildman–Crippen LogP) is 2.99. The number of aromatic nitrogens is 1. The number of nitrogens with zero attached hydrogens (tertiary/aromatic N) is 1. The monoisotopic (exact) mass is 248 g/mol. The molecule has 0 amide bonds. The van der Waals surface area contributed by atoms with E-state index >= 15 is 0 Å². The number of oxazole rings is 1. The standard InChI is InChI=1S/C13H16N2OS/c1-10-7-15-13(16-10)9-14-8-11-3-5-12(17-2)6-4-11/h3-7,14H,8-9H2,1-2H3. The van der Waals surface area contributed by atoms with E-state index in [4.69, 9.17) is 4.42 Å². The van der Waals surface area contributed by atoms with Crippen molar-refractivity contribution in [3.8, 4) is 0 Å². The number of aryl methyl sites for hydroxylation is 1. The van der Waals surface area contributed by atoms with Gasteiger partial charge in [-0.2, -0.15) is 0 Å². The van der Waals surface area contributed by atoms with Gasteiger partial charge in [-0.15, -0.1) is 11.8 Å². The fourth-order valence-electron chi connectivity index (χ4n) is 1.54. The summed E-state index contributed by atoms with van der Waals surface area (Å²) in [5.74, 6) is 1.59. The largest absolute Gasteiger partial charge is 0.445 e. The van der Waals surface area contributed by atoms with E-state index in [1.807, 2.05) is 6.92 Å². The van der Waals surface area contributed by atoms with Gasteiger partial charge in [0.15, 0.2) is 0 Å². The Balaban J connectivity index is 1.81. The number of thioether (sulfide) groups is 1.